The van der Waals surface area contributed by atoms with Crippen molar-refractivity contribution < 1.29 is 0 Å². The van der Waals surface area contributed by atoms with Crippen LogP contribution in [0.4, 0.5) is 0 Å². The summed E-state index contributed by atoms with van der Waals surface area (Å²) in [4.78, 5) is 4.28. The van der Waals surface area contributed by atoms with Gasteiger partial charge in [-0.15, -0.1) is 0 Å². The van der Waals surface area contributed by atoms with Crippen molar-refractivity contribution >= 4 is 0 Å². The van der Waals surface area contributed by atoms with Gasteiger partial charge in [0.25, 0.3) is 0 Å². The van der Waals surface area contributed by atoms with Gasteiger partial charge in [0, 0.05) is 12.6 Å². The number of hydrogen-bond donors (Lipinski definition) is 0. The van der Waals surface area contributed by atoms with Crippen molar-refractivity contribution in [3.63, 3.8) is 0 Å². The van der Waals surface area contributed by atoms with Gasteiger partial charge in [0.1, 0.15) is 11.9 Å². The summed E-state index contributed by atoms with van der Waals surface area (Å²) in [7, 11) is 1.94. The fourth-order valence-electron chi connectivity index (χ4n) is 1.99. The zero-order chi connectivity index (χ0) is 12.6. The predicted molar refractivity (Wildman–Crippen MR) is 67.6 cm³/mol. The highest BCUT2D eigenvalue weighted by Crippen LogP contribution is 2.27. The van der Waals surface area contributed by atoms with Crippen LogP contribution >= 0.6 is 0 Å². The van der Waals surface area contributed by atoms with Crippen molar-refractivity contribution in [2.75, 3.05) is 0 Å². The molecular formula is C14H15N3. The molecule has 2 rings (SSSR count). The van der Waals surface area contributed by atoms with Crippen LogP contribution in [0.15, 0.2) is 18.2 Å². The predicted octanol–water partition coefficient (Wildman–Crippen LogP) is 2.88. The van der Waals surface area contributed by atoms with E-state index < -0.39 is 0 Å². The number of nitrogens with zero attached hydrogens (tertiary/aromatic N) is 3. The second-order valence-corrected chi connectivity index (χ2v) is 4.35. The second-order valence-electron chi connectivity index (χ2n) is 4.35. The molecule has 1 heterocycles. The number of aryl methyl sites for hydroxylation is 3. The maximum Gasteiger partial charge on any atom is 0.166 e. The third-order valence-corrected chi connectivity index (χ3v) is 3.07. The Hall–Kier alpha value is -2.08. The van der Waals surface area contributed by atoms with Crippen LogP contribution in [0.5, 0.6) is 0 Å². The topological polar surface area (TPSA) is 41.6 Å². The van der Waals surface area contributed by atoms with Crippen LogP contribution in [0, 0.1) is 32.1 Å². The van der Waals surface area contributed by atoms with E-state index in [0.29, 0.717) is 5.69 Å². The Bertz CT molecular complexity index is 615. The molecule has 86 valence electrons. The van der Waals surface area contributed by atoms with Crippen molar-refractivity contribution in [1.29, 1.82) is 5.26 Å². The molecule has 3 nitrogen and oxygen atoms in total. The zero-order valence-corrected chi connectivity index (χ0v) is 10.6. The molecule has 0 spiro atoms. The van der Waals surface area contributed by atoms with Gasteiger partial charge in [0.15, 0.2) is 5.69 Å². The Kier molecular flexibility index (Phi) is 2.72. The first-order valence-electron chi connectivity index (χ1n) is 5.55. The van der Waals surface area contributed by atoms with E-state index in [4.69, 9.17) is 5.26 Å². The minimum absolute atomic E-state index is 0.499. The van der Waals surface area contributed by atoms with Gasteiger partial charge in [-0.1, -0.05) is 17.7 Å². The highest BCUT2D eigenvalue weighted by Gasteiger charge is 2.15. The normalized spacial score (nSPS) is 10.3. The maximum absolute atomic E-state index is 9.15. The monoisotopic (exact) mass is 225 g/mol. The van der Waals surface area contributed by atoms with Crippen LogP contribution in [-0.2, 0) is 7.05 Å². The lowest BCUT2D eigenvalue weighted by molar-refractivity contribution is 0.864. The quantitative estimate of drug-likeness (QED) is 0.748. The third kappa shape index (κ3) is 1.83. The first-order chi connectivity index (χ1) is 8.04. The van der Waals surface area contributed by atoms with Gasteiger partial charge < -0.3 is 4.57 Å². The molecule has 1 aromatic carbocycles. The zero-order valence-electron chi connectivity index (χ0n) is 10.6. The summed E-state index contributed by atoms with van der Waals surface area (Å²) in [5.74, 6) is 0.859. The summed E-state index contributed by atoms with van der Waals surface area (Å²) in [6.45, 7) is 6.02. The Balaban J connectivity index is 2.77. The van der Waals surface area contributed by atoms with E-state index in [9.17, 15) is 0 Å². The lowest BCUT2D eigenvalue weighted by Crippen LogP contribution is -1.97. The SMILES string of the molecule is Cc1ccc(C)c(-c2c(C#N)nc(C)n2C)c1. The van der Waals surface area contributed by atoms with E-state index >= 15 is 0 Å². The van der Waals surface area contributed by atoms with Gasteiger partial charge in [-0.25, -0.2) is 4.98 Å². The summed E-state index contributed by atoms with van der Waals surface area (Å²) in [5, 5.41) is 9.15. The van der Waals surface area contributed by atoms with E-state index in [-0.39, 0.29) is 0 Å². The fraction of sp³-hybridized carbons (Fsp3) is 0.286. The molecule has 0 fully saturated rings. The number of nitriles is 1. The molecular weight excluding hydrogens is 210 g/mol. The molecule has 3 heteroatoms. The first kappa shape index (κ1) is 11.4. The lowest BCUT2D eigenvalue weighted by atomic mass is 10.0. The highest BCUT2D eigenvalue weighted by atomic mass is 15.1. The Labute approximate surface area is 101 Å². The molecule has 0 atom stereocenters. The van der Waals surface area contributed by atoms with Crippen LogP contribution in [0.3, 0.4) is 0 Å². The molecule has 0 radical (unpaired) electrons. The van der Waals surface area contributed by atoms with Crippen molar-refractivity contribution in [2.24, 2.45) is 7.05 Å². The van der Waals surface area contributed by atoms with Crippen LogP contribution < -0.4 is 0 Å². The van der Waals surface area contributed by atoms with Crippen molar-refractivity contribution in [1.82, 2.24) is 9.55 Å². The number of rotatable bonds is 1. The maximum atomic E-state index is 9.15. The molecule has 1 aromatic heterocycles. The molecule has 0 bridgehead atoms. The van der Waals surface area contributed by atoms with Gasteiger partial charge in [0.05, 0.1) is 5.69 Å². The molecule has 17 heavy (non-hydrogen) atoms. The molecule has 0 N–H and O–H groups in total. The summed E-state index contributed by atoms with van der Waals surface area (Å²) in [6, 6.07) is 8.43. The fourth-order valence-corrected chi connectivity index (χ4v) is 1.99. The largest absolute Gasteiger partial charge is 0.330 e. The van der Waals surface area contributed by atoms with Gasteiger partial charge in [-0.05, 0) is 32.4 Å². The van der Waals surface area contributed by atoms with E-state index in [2.05, 4.69) is 43.1 Å². The number of aromatic nitrogens is 2. The smallest absolute Gasteiger partial charge is 0.166 e. The van der Waals surface area contributed by atoms with Crippen LogP contribution in [0.2, 0.25) is 0 Å². The molecule has 2 aromatic rings. The average molecular weight is 225 g/mol. The van der Waals surface area contributed by atoms with E-state index in [1.165, 1.54) is 5.56 Å². The average Bonchev–Trinajstić information content (AvgIpc) is 2.59. The minimum Gasteiger partial charge on any atom is -0.330 e. The molecule has 0 aliphatic heterocycles. The van der Waals surface area contributed by atoms with Crippen molar-refractivity contribution in [2.45, 2.75) is 20.8 Å². The molecule has 0 aliphatic rings. The second kappa shape index (κ2) is 4.06. The summed E-state index contributed by atoms with van der Waals surface area (Å²) in [5.41, 5.74) is 4.85. The van der Waals surface area contributed by atoms with E-state index in [1.54, 1.807) is 0 Å². The minimum atomic E-state index is 0.499. The number of benzene rings is 1. The Morgan fingerprint density at radius 1 is 1.24 bits per heavy atom. The Morgan fingerprint density at radius 3 is 2.59 bits per heavy atom. The van der Waals surface area contributed by atoms with Crippen LogP contribution in [-0.4, -0.2) is 9.55 Å². The molecule has 0 saturated heterocycles. The van der Waals surface area contributed by atoms with Gasteiger partial charge in [0.2, 0.25) is 0 Å². The highest BCUT2D eigenvalue weighted by molar-refractivity contribution is 5.70. The first-order valence-corrected chi connectivity index (χ1v) is 5.55. The van der Waals surface area contributed by atoms with Gasteiger partial charge in [-0.2, -0.15) is 5.26 Å². The summed E-state index contributed by atoms with van der Waals surface area (Å²) < 4.78 is 1.97. The molecule has 0 unspecified atom stereocenters. The van der Waals surface area contributed by atoms with E-state index in [1.807, 2.05) is 18.5 Å². The van der Waals surface area contributed by atoms with Crippen LogP contribution in [0.1, 0.15) is 22.6 Å². The van der Waals surface area contributed by atoms with Crippen molar-refractivity contribution in [3.05, 3.63) is 40.8 Å². The molecule has 0 amide bonds. The summed E-state index contributed by atoms with van der Waals surface area (Å²) in [6.07, 6.45) is 0. The van der Waals surface area contributed by atoms with Crippen LogP contribution in [0.25, 0.3) is 11.3 Å². The van der Waals surface area contributed by atoms with Gasteiger partial charge in [-0.3, -0.25) is 0 Å². The standard InChI is InChI=1S/C14H15N3/c1-9-5-6-10(2)12(7-9)14-13(8-15)16-11(3)17(14)4/h5-7H,1-4H3. The lowest BCUT2D eigenvalue weighted by Gasteiger charge is -2.09. The number of imidazole rings is 1. The van der Waals surface area contributed by atoms with Gasteiger partial charge >= 0.3 is 0 Å². The van der Waals surface area contributed by atoms with E-state index in [0.717, 1.165) is 22.6 Å². The molecule has 0 aliphatic carbocycles. The summed E-state index contributed by atoms with van der Waals surface area (Å²) >= 11 is 0. The third-order valence-electron chi connectivity index (χ3n) is 3.07. The molecule has 0 saturated carbocycles. The Morgan fingerprint density at radius 2 is 1.94 bits per heavy atom. The van der Waals surface area contributed by atoms with Crippen molar-refractivity contribution in [3.8, 4) is 17.3 Å². The number of hydrogen-bond acceptors (Lipinski definition) is 2.